The Labute approximate surface area is 92.1 Å². The van der Waals surface area contributed by atoms with Gasteiger partial charge in [0.05, 0.1) is 12.5 Å². The van der Waals surface area contributed by atoms with Gasteiger partial charge in [0.15, 0.2) is 5.11 Å². The van der Waals surface area contributed by atoms with Crippen LogP contribution in [0.25, 0.3) is 0 Å². The van der Waals surface area contributed by atoms with Gasteiger partial charge in [0.25, 0.3) is 0 Å². The normalized spacial score (nSPS) is 12.0. The first-order valence-corrected chi connectivity index (χ1v) is 5.27. The summed E-state index contributed by atoms with van der Waals surface area (Å²) in [5, 5.41) is 12.4. The largest absolute Gasteiger partial charge is 0.362 e. The number of nitriles is 1. The molecule has 0 radical (unpaired) electrons. The monoisotopic (exact) mass is 213 g/mol. The number of hydrogen-bond acceptors (Lipinski definition) is 2. The summed E-state index contributed by atoms with van der Waals surface area (Å²) in [4.78, 5) is 1.93. The van der Waals surface area contributed by atoms with Crippen molar-refractivity contribution in [1.29, 1.82) is 5.26 Å². The fourth-order valence-corrected chi connectivity index (χ4v) is 1.15. The van der Waals surface area contributed by atoms with Crippen LogP contribution in [0, 0.1) is 17.2 Å². The zero-order valence-electron chi connectivity index (χ0n) is 9.37. The van der Waals surface area contributed by atoms with Crippen LogP contribution in [0.5, 0.6) is 0 Å². The van der Waals surface area contributed by atoms with Gasteiger partial charge in [0.2, 0.25) is 0 Å². The van der Waals surface area contributed by atoms with E-state index in [4.69, 9.17) is 17.5 Å². The standard InChI is InChI=1S/C10H19N3S/c1-8(2)7-12-10(14)13(4)9(3)5-6-11/h8-9H,5,7H2,1-4H3,(H,12,14). The minimum atomic E-state index is 0.173. The van der Waals surface area contributed by atoms with E-state index in [2.05, 4.69) is 25.2 Å². The van der Waals surface area contributed by atoms with Gasteiger partial charge in [-0.25, -0.2) is 0 Å². The van der Waals surface area contributed by atoms with Crippen molar-refractivity contribution < 1.29 is 0 Å². The maximum Gasteiger partial charge on any atom is 0.168 e. The molecule has 0 amide bonds. The number of rotatable bonds is 4. The van der Waals surface area contributed by atoms with Crippen LogP contribution in [-0.4, -0.2) is 29.6 Å². The molecule has 0 spiro atoms. The van der Waals surface area contributed by atoms with Crippen molar-refractivity contribution in [2.24, 2.45) is 5.92 Å². The van der Waals surface area contributed by atoms with Crippen molar-refractivity contribution in [3.63, 3.8) is 0 Å². The molecule has 4 heteroatoms. The van der Waals surface area contributed by atoms with E-state index < -0.39 is 0 Å². The molecular weight excluding hydrogens is 194 g/mol. The van der Waals surface area contributed by atoms with E-state index in [0.717, 1.165) is 11.7 Å². The molecule has 80 valence electrons. The van der Waals surface area contributed by atoms with Crippen LogP contribution in [-0.2, 0) is 0 Å². The molecule has 0 rings (SSSR count). The molecule has 0 aliphatic carbocycles. The minimum absolute atomic E-state index is 0.173. The summed E-state index contributed by atoms with van der Waals surface area (Å²) in [6, 6.07) is 2.31. The van der Waals surface area contributed by atoms with Gasteiger partial charge >= 0.3 is 0 Å². The summed E-state index contributed by atoms with van der Waals surface area (Å²) >= 11 is 5.19. The Morgan fingerprint density at radius 1 is 1.50 bits per heavy atom. The van der Waals surface area contributed by atoms with Crippen LogP contribution >= 0.6 is 12.2 Å². The van der Waals surface area contributed by atoms with E-state index in [0.29, 0.717) is 12.3 Å². The molecule has 3 nitrogen and oxygen atoms in total. The van der Waals surface area contributed by atoms with Crippen molar-refractivity contribution in [3.8, 4) is 6.07 Å². The van der Waals surface area contributed by atoms with E-state index in [1.165, 1.54) is 0 Å². The Balaban J connectivity index is 3.93. The average Bonchev–Trinajstić information content (AvgIpc) is 2.13. The van der Waals surface area contributed by atoms with E-state index >= 15 is 0 Å². The Morgan fingerprint density at radius 3 is 2.50 bits per heavy atom. The first-order chi connectivity index (χ1) is 6.49. The summed E-state index contributed by atoms with van der Waals surface area (Å²) in [6.45, 7) is 7.14. The van der Waals surface area contributed by atoms with E-state index in [-0.39, 0.29) is 6.04 Å². The third-order valence-corrected chi connectivity index (χ3v) is 2.46. The van der Waals surface area contributed by atoms with Gasteiger partial charge < -0.3 is 10.2 Å². The van der Waals surface area contributed by atoms with Gasteiger partial charge in [-0.05, 0) is 25.1 Å². The molecular formula is C10H19N3S. The molecule has 0 bridgehead atoms. The third-order valence-electron chi connectivity index (χ3n) is 2.03. The highest BCUT2D eigenvalue weighted by atomic mass is 32.1. The lowest BCUT2D eigenvalue weighted by atomic mass is 10.2. The van der Waals surface area contributed by atoms with Crippen LogP contribution in [0.15, 0.2) is 0 Å². The van der Waals surface area contributed by atoms with Crippen molar-refractivity contribution in [1.82, 2.24) is 10.2 Å². The highest BCUT2D eigenvalue weighted by molar-refractivity contribution is 7.80. The summed E-state index contributed by atoms with van der Waals surface area (Å²) in [7, 11) is 1.91. The quantitative estimate of drug-likeness (QED) is 0.722. The zero-order chi connectivity index (χ0) is 11.1. The molecule has 0 aromatic rings. The maximum atomic E-state index is 8.55. The molecule has 0 saturated carbocycles. The molecule has 0 aromatic heterocycles. The van der Waals surface area contributed by atoms with Crippen LogP contribution in [0.4, 0.5) is 0 Å². The minimum Gasteiger partial charge on any atom is -0.362 e. The Kier molecular flexibility index (Phi) is 6.22. The van der Waals surface area contributed by atoms with Crippen molar-refractivity contribution in [3.05, 3.63) is 0 Å². The lowest BCUT2D eigenvalue weighted by molar-refractivity contribution is 0.386. The SMILES string of the molecule is CC(C)CNC(=S)N(C)C(C)CC#N. The zero-order valence-corrected chi connectivity index (χ0v) is 10.2. The van der Waals surface area contributed by atoms with Crippen molar-refractivity contribution >= 4 is 17.3 Å². The lowest BCUT2D eigenvalue weighted by Crippen LogP contribution is -2.43. The first-order valence-electron chi connectivity index (χ1n) is 4.86. The number of nitrogens with zero attached hydrogens (tertiary/aromatic N) is 2. The fraction of sp³-hybridized carbons (Fsp3) is 0.800. The molecule has 0 aliphatic rings. The second kappa shape index (κ2) is 6.61. The predicted octanol–water partition coefficient (Wildman–Crippen LogP) is 1.75. The third kappa shape index (κ3) is 5.03. The topological polar surface area (TPSA) is 39.1 Å². The van der Waals surface area contributed by atoms with Crippen LogP contribution in [0.3, 0.4) is 0 Å². The Bertz CT molecular complexity index is 220. The van der Waals surface area contributed by atoms with Gasteiger partial charge in [-0.15, -0.1) is 0 Å². The van der Waals surface area contributed by atoms with Crippen LogP contribution < -0.4 is 5.32 Å². The average molecular weight is 213 g/mol. The Morgan fingerprint density at radius 2 is 2.07 bits per heavy atom. The van der Waals surface area contributed by atoms with E-state index in [1.54, 1.807) is 0 Å². The summed E-state index contributed by atoms with van der Waals surface area (Å²) < 4.78 is 0. The van der Waals surface area contributed by atoms with Crippen LogP contribution in [0.2, 0.25) is 0 Å². The predicted molar refractivity (Wildman–Crippen MR) is 62.9 cm³/mol. The maximum absolute atomic E-state index is 8.55. The van der Waals surface area contributed by atoms with Crippen molar-refractivity contribution in [2.75, 3.05) is 13.6 Å². The van der Waals surface area contributed by atoms with Gasteiger partial charge in [0.1, 0.15) is 0 Å². The van der Waals surface area contributed by atoms with Gasteiger partial charge in [-0.3, -0.25) is 0 Å². The summed E-state index contributed by atoms with van der Waals surface area (Å²) in [5.74, 6) is 0.577. The summed E-state index contributed by atoms with van der Waals surface area (Å²) in [6.07, 6.45) is 0.500. The lowest BCUT2D eigenvalue weighted by Gasteiger charge is -2.26. The highest BCUT2D eigenvalue weighted by Gasteiger charge is 2.11. The second-order valence-electron chi connectivity index (χ2n) is 3.90. The molecule has 14 heavy (non-hydrogen) atoms. The number of nitrogens with one attached hydrogen (secondary N) is 1. The molecule has 1 unspecified atom stereocenters. The molecule has 0 saturated heterocycles. The summed E-state index contributed by atoms with van der Waals surface area (Å²) in [5.41, 5.74) is 0. The Hall–Kier alpha value is -0.820. The molecule has 0 heterocycles. The van der Waals surface area contributed by atoms with E-state index in [1.807, 2.05) is 18.9 Å². The molecule has 1 atom stereocenters. The molecule has 0 aromatic carbocycles. The van der Waals surface area contributed by atoms with Gasteiger partial charge in [-0.2, -0.15) is 5.26 Å². The first kappa shape index (κ1) is 13.2. The molecule has 1 N–H and O–H groups in total. The number of hydrogen-bond donors (Lipinski definition) is 1. The fourth-order valence-electron chi connectivity index (χ4n) is 0.885. The molecule has 0 fully saturated rings. The molecule has 0 aliphatic heterocycles. The van der Waals surface area contributed by atoms with Gasteiger partial charge in [0, 0.05) is 19.6 Å². The van der Waals surface area contributed by atoms with Crippen molar-refractivity contribution in [2.45, 2.75) is 33.2 Å². The van der Waals surface area contributed by atoms with Gasteiger partial charge in [-0.1, -0.05) is 13.8 Å². The smallest absolute Gasteiger partial charge is 0.168 e. The highest BCUT2D eigenvalue weighted by Crippen LogP contribution is 2.00. The van der Waals surface area contributed by atoms with E-state index in [9.17, 15) is 0 Å². The van der Waals surface area contributed by atoms with Crippen LogP contribution in [0.1, 0.15) is 27.2 Å². The second-order valence-corrected chi connectivity index (χ2v) is 4.29. The number of thiocarbonyl (C=S) groups is 1.